The average molecular weight is 175 g/mol. The molecule has 0 saturated carbocycles. The van der Waals surface area contributed by atoms with Gasteiger partial charge in [0.1, 0.15) is 0 Å². The summed E-state index contributed by atoms with van der Waals surface area (Å²) in [5.41, 5.74) is 4.98. The van der Waals surface area contributed by atoms with E-state index in [1.807, 2.05) is 0 Å². The Kier molecular flexibility index (Phi) is 3.13. The largest absolute Gasteiger partial charge is 0.363 e. The van der Waals surface area contributed by atoms with E-state index in [1.165, 1.54) is 22.5 Å². The van der Waals surface area contributed by atoms with Crippen LogP contribution in [0.4, 0.5) is 0 Å². The molecule has 13 heavy (non-hydrogen) atoms. The van der Waals surface area contributed by atoms with Crippen LogP contribution in [0.25, 0.3) is 0 Å². The third-order valence-electron chi connectivity index (χ3n) is 2.14. The van der Waals surface area contributed by atoms with Crippen molar-refractivity contribution < 1.29 is 0 Å². The lowest BCUT2D eigenvalue weighted by Gasteiger charge is -1.93. The molecule has 1 N–H and O–H groups in total. The summed E-state index contributed by atoms with van der Waals surface area (Å²) in [4.78, 5) is 3.31. The molecule has 0 bridgehead atoms. The third kappa shape index (κ3) is 2.94. The van der Waals surface area contributed by atoms with Gasteiger partial charge in [0.2, 0.25) is 0 Å². The summed E-state index contributed by atoms with van der Waals surface area (Å²) >= 11 is 0. The summed E-state index contributed by atoms with van der Waals surface area (Å²) in [7, 11) is 0. The predicted molar refractivity (Wildman–Crippen MR) is 57.4 cm³/mol. The monoisotopic (exact) mass is 175 g/mol. The first-order valence-electron chi connectivity index (χ1n) is 4.57. The minimum Gasteiger partial charge on any atom is -0.363 e. The lowest BCUT2D eigenvalue weighted by atomic mass is 10.2. The standard InChI is InChI=1S/C12H17N/c1-9-6-5-7-11(3)13-12(4)8-10(9)2/h5-8,13H,1-4H3. The number of aryl methyl sites for hydroxylation is 4. The van der Waals surface area contributed by atoms with Crippen LogP contribution in [0.15, 0.2) is 24.3 Å². The van der Waals surface area contributed by atoms with Crippen molar-refractivity contribution in [2.45, 2.75) is 27.7 Å². The zero-order chi connectivity index (χ0) is 9.84. The average Bonchev–Trinajstić information content (AvgIpc) is 2.06. The van der Waals surface area contributed by atoms with E-state index in [2.05, 4.69) is 56.9 Å². The molecule has 0 aliphatic carbocycles. The van der Waals surface area contributed by atoms with E-state index in [-0.39, 0.29) is 0 Å². The fourth-order valence-corrected chi connectivity index (χ4v) is 1.30. The zero-order valence-electron chi connectivity index (χ0n) is 8.81. The van der Waals surface area contributed by atoms with Gasteiger partial charge in [-0.3, -0.25) is 0 Å². The molecule has 0 atom stereocenters. The number of aromatic amines is 1. The molecule has 1 rings (SSSR count). The number of nitrogens with one attached hydrogen (secondary N) is 1. The van der Waals surface area contributed by atoms with E-state index in [0.717, 1.165) is 0 Å². The van der Waals surface area contributed by atoms with Crippen LogP contribution in [0.2, 0.25) is 0 Å². The molecule has 0 saturated heterocycles. The lowest BCUT2D eigenvalue weighted by molar-refractivity contribution is 1.14. The summed E-state index contributed by atoms with van der Waals surface area (Å²) in [6.45, 7) is 8.41. The highest BCUT2D eigenvalue weighted by atomic mass is 14.7. The molecule has 0 amide bonds. The first-order chi connectivity index (χ1) is 6.09. The highest BCUT2D eigenvalue weighted by Gasteiger charge is 1.87. The van der Waals surface area contributed by atoms with E-state index in [9.17, 15) is 0 Å². The minimum atomic E-state index is 1.17. The van der Waals surface area contributed by atoms with Gasteiger partial charge in [-0.05, 0) is 51.0 Å². The number of hydrogen-bond acceptors (Lipinski definition) is 0. The summed E-state index contributed by atoms with van der Waals surface area (Å²) in [6.07, 6.45) is 0. The Morgan fingerprint density at radius 3 is 2.23 bits per heavy atom. The van der Waals surface area contributed by atoms with Crippen LogP contribution in [0.5, 0.6) is 0 Å². The molecule has 0 aliphatic heterocycles. The molecule has 0 aliphatic rings. The van der Waals surface area contributed by atoms with Crippen LogP contribution < -0.4 is 0 Å². The second-order valence-corrected chi connectivity index (χ2v) is 3.53. The van der Waals surface area contributed by atoms with Gasteiger partial charge in [-0.25, -0.2) is 0 Å². The van der Waals surface area contributed by atoms with E-state index in [1.54, 1.807) is 0 Å². The SMILES string of the molecule is Cc1cccc(C)c(C)cc(C)[nH]1. The summed E-state index contributed by atoms with van der Waals surface area (Å²) < 4.78 is 0. The van der Waals surface area contributed by atoms with Crippen molar-refractivity contribution in [2.75, 3.05) is 0 Å². The number of aromatic nitrogens is 1. The Bertz CT molecular complexity index is 346. The van der Waals surface area contributed by atoms with Gasteiger partial charge in [-0.2, -0.15) is 0 Å². The molecule has 1 nitrogen and oxygen atoms in total. The Hall–Kier alpha value is -1.24. The van der Waals surface area contributed by atoms with Crippen molar-refractivity contribution in [3.05, 3.63) is 46.8 Å². The molecular weight excluding hydrogens is 158 g/mol. The van der Waals surface area contributed by atoms with Gasteiger partial charge in [-0.15, -0.1) is 0 Å². The van der Waals surface area contributed by atoms with Crippen LogP contribution in [-0.4, -0.2) is 4.98 Å². The molecule has 1 heterocycles. The van der Waals surface area contributed by atoms with E-state index in [0.29, 0.717) is 0 Å². The molecule has 70 valence electrons. The molecule has 1 aromatic rings. The Morgan fingerprint density at radius 2 is 1.54 bits per heavy atom. The second-order valence-electron chi connectivity index (χ2n) is 3.53. The topological polar surface area (TPSA) is 15.8 Å². The maximum Gasteiger partial charge on any atom is 0.0119 e. The van der Waals surface area contributed by atoms with Crippen molar-refractivity contribution in [1.82, 2.24) is 4.98 Å². The van der Waals surface area contributed by atoms with Crippen LogP contribution in [0.1, 0.15) is 22.5 Å². The molecule has 0 spiro atoms. The maximum absolute atomic E-state index is 3.31. The van der Waals surface area contributed by atoms with Crippen molar-refractivity contribution >= 4 is 0 Å². The first kappa shape index (κ1) is 9.85. The van der Waals surface area contributed by atoms with Crippen molar-refractivity contribution in [2.24, 2.45) is 0 Å². The van der Waals surface area contributed by atoms with E-state index < -0.39 is 0 Å². The number of hydrogen-bond donors (Lipinski definition) is 1. The Morgan fingerprint density at radius 1 is 0.846 bits per heavy atom. The smallest absolute Gasteiger partial charge is 0.0119 e. The van der Waals surface area contributed by atoms with E-state index in [4.69, 9.17) is 0 Å². The first-order valence-corrected chi connectivity index (χ1v) is 4.57. The molecule has 0 radical (unpaired) electrons. The normalized spacial score (nSPS) is 9.54. The van der Waals surface area contributed by atoms with Gasteiger partial charge < -0.3 is 4.98 Å². The molecule has 0 unspecified atom stereocenters. The van der Waals surface area contributed by atoms with Crippen LogP contribution in [0, 0.1) is 27.7 Å². The summed E-state index contributed by atoms with van der Waals surface area (Å²) in [5, 5.41) is 0. The van der Waals surface area contributed by atoms with Gasteiger partial charge in [0.05, 0.1) is 0 Å². The molecule has 1 aromatic heterocycles. The Labute approximate surface area is 80.1 Å². The highest BCUT2D eigenvalue weighted by Crippen LogP contribution is 2.03. The molecule has 0 fully saturated rings. The molecule has 0 aromatic carbocycles. The van der Waals surface area contributed by atoms with Crippen molar-refractivity contribution in [1.29, 1.82) is 0 Å². The van der Waals surface area contributed by atoms with Crippen molar-refractivity contribution in [3.63, 3.8) is 0 Å². The highest BCUT2D eigenvalue weighted by molar-refractivity contribution is 5.23. The van der Waals surface area contributed by atoms with Gasteiger partial charge >= 0.3 is 0 Å². The van der Waals surface area contributed by atoms with Crippen LogP contribution in [0.3, 0.4) is 0 Å². The summed E-state index contributed by atoms with van der Waals surface area (Å²) in [5.74, 6) is 0. The Balaban J connectivity index is 3.46. The maximum atomic E-state index is 3.31. The minimum absolute atomic E-state index is 1.17. The quantitative estimate of drug-likeness (QED) is 0.622. The molecular formula is C12H17N. The number of rotatable bonds is 0. The molecule has 1 heteroatoms. The fraction of sp³-hybridized carbons (Fsp3) is 0.333. The van der Waals surface area contributed by atoms with Gasteiger partial charge in [-0.1, -0.05) is 12.1 Å². The lowest BCUT2D eigenvalue weighted by Crippen LogP contribution is -1.80. The second kappa shape index (κ2) is 4.13. The zero-order valence-corrected chi connectivity index (χ0v) is 8.81. The van der Waals surface area contributed by atoms with Crippen molar-refractivity contribution in [3.8, 4) is 0 Å². The van der Waals surface area contributed by atoms with E-state index >= 15 is 0 Å². The third-order valence-corrected chi connectivity index (χ3v) is 2.14. The predicted octanol–water partition coefficient (Wildman–Crippen LogP) is 3.37. The van der Waals surface area contributed by atoms with Crippen LogP contribution in [-0.2, 0) is 0 Å². The summed E-state index contributed by atoms with van der Waals surface area (Å²) in [6, 6.07) is 8.46. The van der Waals surface area contributed by atoms with Gasteiger partial charge in [0.15, 0.2) is 0 Å². The number of H-pyrrole nitrogens is 1. The van der Waals surface area contributed by atoms with Gasteiger partial charge in [0.25, 0.3) is 0 Å². The fourth-order valence-electron chi connectivity index (χ4n) is 1.30. The van der Waals surface area contributed by atoms with Gasteiger partial charge in [0, 0.05) is 11.4 Å². The van der Waals surface area contributed by atoms with Crippen LogP contribution >= 0.6 is 0 Å².